The van der Waals surface area contributed by atoms with Gasteiger partial charge in [0.25, 0.3) is 0 Å². The second-order valence-corrected chi connectivity index (χ2v) is 11.4. The topological polar surface area (TPSA) is 118 Å². The summed E-state index contributed by atoms with van der Waals surface area (Å²) in [6.45, 7) is 9.26. The van der Waals surface area contributed by atoms with E-state index in [1.807, 2.05) is 44.2 Å². The molecule has 2 unspecified atom stereocenters. The molecular weight excluding hydrogens is 452 g/mol. The van der Waals surface area contributed by atoms with Crippen LogP contribution in [0, 0.1) is 17.8 Å². The van der Waals surface area contributed by atoms with Crippen molar-refractivity contribution in [2.24, 2.45) is 17.8 Å². The second kappa shape index (κ2) is 6.31. The zero-order valence-electron chi connectivity index (χ0n) is 19.9. The Bertz CT molecular complexity index is 1200. The molecule has 1 aromatic rings. The van der Waals surface area contributed by atoms with Crippen LogP contribution < -0.4 is 0 Å². The van der Waals surface area contributed by atoms with E-state index >= 15 is 0 Å². The number of aliphatic hydroxyl groups is 3. The highest BCUT2D eigenvalue weighted by atomic mass is 16.9. The number of hydrogen-bond acceptors (Lipinski definition) is 8. The number of carbonyl (C=O) groups excluding carboxylic acids is 1. The van der Waals surface area contributed by atoms with Crippen LogP contribution >= 0.6 is 0 Å². The molecule has 3 heterocycles. The summed E-state index contributed by atoms with van der Waals surface area (Å²) < 4.78 is 26.5. The van der Waals surface area contributed by atoms with Gasteiger partial charge in [0.05, 0.1) is 12.2 Å². The van der Waals surface area contributed by atoms with Crippen LogP contribution in [0.5, 0.6) is 0 Å². The van der Waals surface area contributed by atoms with Crippen molar-refractivity contribution in [1.82, 2.24) is 0 Å². The summed E-state index contributed by atoms with van der Waals surface area (Å²) in [4.78, 5) is 13.5. The molecule has 0 spiro atoms. The molecule has 0 radical (unpaired) electrons. The smallest absolute Gasteiger partial charge is 0.313 e. The average Bonchev–Trinajstić information content (AvgIpc) is 3.48. The molecule has 0 aromatic heterocycles. The molecule has 3 saturated heterocycles. The third kappa shape index (κ3) is 2.16. The Kier molecular flexibility index (Phi) is 4.02. The van der Waals surface area contributed by atoms with Gasteiger partial charge < -0.3 is 34.3 Å². The predicted molar refractivity (Wildman–Crippen MR) is 121 cm³/mol. The first-order valence-electron chi connectivity index (χ1n) is 12.3. The van der Waals surface area contributed by atoms with Crippen LogP contribution in [0.4, 0.5) is 0 Å². The van der Waals surface area contributed by atoms with Gasteiger partial charge in [-0.05, 0) is 37.3 Å². The van der Waals surface area contributed by atoms with Crippen molar-refractivity contribution < 1.29 is 39.1 Å². The lowest BCUT2D eigenvalue weighted by atomic mass is 9.54. The number of rotatable bonds is 3. The molecular formula is C27H30O8. The molecule has 35 heavy (non-hydrogen) atoms. The van der Waals surface area contributed by atoms with Gasteiger partial charge in [0.1, 0.15) is 29.5 Å². The minimum absolute atomic E-state index is 0.243. The highest BCUT2D eigenvalue weighted by Crippen LogP contribution is 2.73. The number of ether oxygens (including phenoxy) is 4. The summed E-state index contributed by atoms with van der Waals surface area (Å²) in [5.41, 5.74) is -4.05. The van der Waals surface area contributed by atoms with Gasteiger partial charge in [-0.1, -0.05) is 49.9 Å². The lowest BCUT2D eigenvalue weighted by Gasteiger charge is -2.59. The van der Waals surface area contributed by atoms with Gasteiger partial charge in [0.15, 0.2) is 11.4 Å². The quantitative estimate of drug-likeness (QED) is 0.436. The molecule has 6 aliphatic rings. The van der Waals surface area contributed by atoms with Crippen molar-refractivity contribution in [2.75, 3.05) is 6.61 Å². The average molecular weight is 483 g/mol. The monoisotopic (exact) mass is 482 g/mol. The molecule has 7 rings (SSSR count). The Morgan fingerprint density at radius 2 is 1.89 bits per heavy atom. The number of aliphatic hydroxyl groups excluding tert-OH is 2. The number of ketones is 1. The lowest BCUT2D eigenvalue weighted by Crippen LogP contribution is -2.72. The summed E-state index contributed by atoms with van der Waals surface area (Å²) >= 11 is 0. The minimum atomic E-state index is -2.22. The van der Waals surface area contributed by atoms with E-state index in [2.05, 4.69) is 6.58 Å². The number of epoxide rings is 1. The fraction of sp³-hybridized carbons (Fsp3) is 0.593. The Morgan fingerprint density at radius 1 is 1.17 bits per heavy atom. The molecule has 186 valence electrons. The maximum absolute atomic E-state index is 13.5. The Labute approximate surface area is 203 Å². The molecule has 3 aliphatic heterocycles. The van der Waals surface area contributed by atoms with E-state index in [0.717, 1.165) is 5.57 Å². The summed E-state index contributed by atoms with van der Waals surface area (Å²) in [5, 5.41) is 34.0. The molecule has 8 heteroatoms. The third-order valence-corrected chi connectivity index (χ3v) is 9.77. The zero-order valence-corrected chi connectivity index (χ0v) is 19.9. The Morgan fingerprint density at radius 3 is 2.54 bits per heavy atom. The minimum Gasteiger partial charge on any atom is -0.393 e. The van der Waals surface area contributed by atoms with Crippen LogP contribution in [0.15, 0.2) is 54.1 Å². The summed E-state index contributed by atoms with van der Waals surface area (Å²) in [7, 11) is 0. The van der Waals surface area contributed by atoms with Gasteiger partial charge in [0, 0.05) is 17.4 Å². The number of fused-ring (bicyclic) bond motifs is 3. The molecule has 3 bridgehead atoms. The maximum atomic E-state index is 13.5. The first kappa shape index (κ1) is 22.3. The van der Waals surface area contributed by atoms with Crippen molar-refractivity contribution in [3.05, 3.63) is 59.7 Å². The van der Waals surface area contributed by atoms with Gasteiger partial charge in [-0.25, -0.2) is 0 Å². The largest absolute Gasteiger partial charge is 0.393 e. The first-order valence-corrected chi connectivity index (χ1v) is 12.3. The Hall–Kier alpha value is -1.91. The molecule has 5 fully saturated rings. The van der Waals surface area contributed by atoms with Crippen LogP contribution in [0.3, 0.4) is 0 Å². The number of carbonyl (C=O) groups is 1. The fourth-order valence-corrected chi connectivity index (χ4v) is 8.10. The van der Waals surface area contributed by atoms with E-state index < -0.39 is 70.9 Å². The molecule has 1 aromatic carbocycles. The van der Waals surface area contributed by atoms with Crippen molar-refractivity contribution in [1.29, 1.82) is 0 Å². The van der Waals surface area contributed by atoms with Crippen LogP contribution in [0.2, 0.25) is 0 Å². The molecule has 2 saturated carbocycles. The normalized spacial score (nSPS) is 55.0. The highest BCUT2D eigenvalue weighted by Gasteiger charge is 2.88. The zero-order chi connectivity index (χ0) is 24.8. The number of Topliss-reactive ketones (excluding diaryl/α,β-unsaturated/α-hetero) is 1. The second-order valence-electron chi connectivity index (χ2n) is 11.4. The molecule has 3 N–H and O–H groups in total. The summed E-state index contributed by atoms with van der Waals surface area (Å²) in [6.07, 6.45) is -0.731. The van der Waals surface area contributed by atoms with E-state index in [0.29, 0.717) is 17.6 Å². The van der Waals surface area contributed by atoms with Crippen LogP contribution in [0.1, 0.15) is 32.8 Å². The van der Waals surface area contributed by atoms with E-state index in [9.17, 15) is 20.1 Å². The van der Waals surface area contributed by atoms with Crippen molar-refractivity contribution in [3.8, 4) is 0 Å². The summed E-state index contributed by atoms with van der Waals surface area (Å²) in [5.74, 6) is -3.85. The van der Waals surface area contributed by atoms with Gasteiger partial charge in [0.2, 0.25) is 0 Å². The lowest BCUT2D eigenvalue weighted by molar-refractivity contribution is -0.439. The van der Waals surface area contributed by atoms with Crippen LogP contribution in [0.25, 0.3) is 0 Å². The van der Waals surface area contributed by atoms with Crippen LogP contribution in [-0.2, 0) is 29.7 Å². The van der Waals surface area contributed by atoms with E-state index in [1.165, 1.54) is 0 Å². The SMILES string of the molecule is C=C(C)[C@]12C[C@@H](C)[C@@]34OC(c5ccccc5)(O[C@@H]1[C@@H]3[C@@H]1O[C@]1(CO)C(O)[C@]1(O)C(=O)C(C)=C[C@@H]41)O2. The van der Waals surface area contributed by atoms with E-state index in [4.69, 9.17) is 18.9 Å². The summed E-state index contributed by atoms with van der Waals surface area (Å²) in [6, 6.07) is 9.35. The van der Waals surface area contributed by atoms with Gasteiger partial charge in [-0.2, -0.15) is 0 Å². The van der Waals surface area contributed by atoms with Gasteiger partial charge in [-0.15, -0.1) is 0 Å². The first-order chi connectivity index (χ1) is 16.5. The molecule has 11 atom stereocenters. The van der Waals surface area contributed by atoms with E-state index in [-0.39, 0.29) is 5.92 Å². The van der Waals surface area contributed by atoms with Crippen molar-refractivity contribution in [2.45, 2.75) is 73.9 Å². The number of benzene rings is 1. The van der Waals surface area contributed by atoms with Gasteiger partial charge in [-0.3, -0.25) is 4.79 Å². The molecule has 8 nitrogen and oxygen atoms in total. The standard InChI is InChI=1S/C27H30O8/c1-13(2)23-11-15(4)26-17-10-14(3)19(29)25(17,31)22(30)24(12-28)21(32-24)18(26)20(23)33-27(34-23,35-26)16-8-6-5-7-9-16/h5-10,15,17-18,20-22,28,30-31H,1,11-12H2,2-4H3/t15-,17-,18-,20-,21+,22?,23-,24+,25-,26+,27?/m1/s1. The van der Waals surface area contributed by atoms with E-state index in [1.54, 1.807) is 13.0 Å². The number of hydrogen-bond donors (Lipinski definition) is 3. The van der Waals surface area contributed by atoms with Gasteiger partial charge >= 0.3 is 5.97 Å². The Balaban J connectivity index is 1.53. The van der Waals surface area contributed by atoms with Crippen molar-refractivity contribution in [3.63, 3.8) is 0 Å². The predicted octanol–water partition coefficient (Wildman–Crippen LogP) is 1.33. The highest BCUT2D eigenvalue weighted by molar-refractivity contribution is 6.05. The fourth-order valence-electron chi connectivity index (χ4n) is 8.10. The third-order valence-electron chi connectivity index (χ3n) is 9.77. The van der Waals surface area contributed by atoms with Crippen molar-refractivity contribution >= 4 is 5.78 Å². The van der Waals surface area contributed by atoms with Crippen LogP contribution in [-0.4, -0.2) is 68.4 Å². The maximum Gasteiger partial charge on any atom is 0.313 e. The molecule has 3 aliphatic carbocycles. The molecule has 0 amide bonds.